The molecule has 0 aromatic heterocycles. The molecule has 2 aliphatic rings. The molecule has 0 radical (unpaired) electrons. The zero-order valence-corrected chi connectivity index (χ0v) is 12.2. The van der Waals surface area contributed by atoms with Gasteiger partial charge in [-0.3, -0.25) is 0 Å². The summed E-state index contributed by atoms with van der Waals surface area (Å²) in [6, 6.07) is 0.620. The normalized spacial score (nSPS) is 30.2. The second-order valence-electron chi connectivity index (χ2n) is 6.30. The van der Waals surface area contributed by atoms with E-state index < -0.39 is 0 Å². The summed E-state index contributed by atoms with van der Waals surface area (Å²) in [6.07, 6.45) is 7.07. The van der Waals surface area contributed by atoms with Crippen molar-refractivity contribution in [1.29, 1.82) is 0 Å². The quantitative estimate of drug-likeness (QED) is 0.787. The van der Waals surface area contributed by atoms with E-state index in [0.29, 0.717) is 12.1 Å². The van der Waals surface area contributed by atoms with Crippen LogP contribution in [0.3, 0.4) is 0 Å². The summed E-state index contributed by atoms with van der Waals surface area (Å²) < 4.78 is 5.80. The van der Waals surface area contributed by atoms with Crippen molar-refractivity contribution in [3.8, 4) is 0 Å². The summed E-state index contributed by atoms with van der Waals surface area (Å²) in [6.45, 7) is 10.5. The van der Waals surface area contributed by atoms with E-state index in [2.05, 4.69) is 24.1 Å². The lowest BCUT2D eigenvalue weighted by Gasteiger charge is -2.25. The molecule has 0 amide bonds. The maximum Gasteiger partial charge on any atom is 0.0587 e. The van der Waals surface area contributed by atoms with E-state index in [9.17, 15) is 0 Å². The molecule has 0 aromatic rings. The highest BCUT2D eigenvalue weighted by Crippen LogP contribution is 2.19. The molecule has 2 heterocycles. The van der Waals surface area contributed by atoms with E-state index >= 15 is 0 Å². The Hall–Kier alpha value is -0.120. The maximum absolute atomic E-state index is 5.80. The molecule has 0 aromatic carbocycles. The molecule has 3 nitrogen and oxygen atoms in total. The van der Waals surface area contributed by atoms with E-state index in [0.717, 1.165) is 12.5 Å². The van der Waals surface area contributed by atoms with Crippen LogP contribution in [0.1, 0.15) is 46.0 Å². The Kier molecular flexibility index (Phi) is 5.93. The third kappa shape index (κ3) is 4.87. The van der Waals surface area contributed by atoms with Crippen LogP contribution in [0.4, 0.5) is 0 Å². The number of hydrogen-bond acceptors (Lipinski definition) is 3. The maximum atomic E-state index is 5.80. The molecule has 1 N–H and O–H groups in total. The molecule has 106 valence electrons. The molecule has 0 saturated carbocycles. The lowest BCUT2D eigenvalue weighted by molar-refractivity contribution is 0.00649. The van der Waals surface area contributed by atoms with E-state index in [4.69, 9.17) is 4.74 Å². The lowest BCUT2D eigenvalue weighted by atomic mass is 10.1. The number of hydrogen-bond donors (Lipinski definition) is 1. The van der Waals surface area contributed by atoms with Crippen LogP contribution < -0.4 is 5.32 Å². The number of ether oxygens (including phenoxy) is 1. The van der Waals surface area contributed by atoms with Gasteiger partial charge in [0, 0.05) is 25.7 Å². The number of likely N-dealkylation sites (tertiary alicyclic amines) is 1. The first-order chi connectivity index (χ1) is 8.74. The van der Waals surface area contributed by atoms with Crippen molar-refractivity contribution in [2.45, 2.75) is 58.1 Å². The Morgan fingerprint density at radius 3 is 2.89 bits per heavy atom. The summed E-state index contributed by atoms with van der Waals surface area (Å²) in [5.41, 5.74) is 0. The van der Waals surface area contributed by atoms with Gasteiger partial charge in [-0.25, -0.2) is 0 Å². The molecule has 0 spiro atoms. The van der Waals surface area contributed by atoms with Crippen LogP contribution in [0.5, 0.6) is 0 Å². The molecule has 2 unspecified atom stereocenters. The Morgan fingerprint density at radius 2 is 2.17 bits per heavy atom. The third-order valence-electron chi connectivity index (χ3n) is 4.23. The minimum absolute atomic E-state index is 0.548. The molecule has 3 heteroatoms. The van der Waals surface area contributed by atoms with Crippen molar-refractivity contribution in [3.05, 3.63) is 0 Å². The van der Waals surface area contributed by atoms with Crippen LogP contribution in [0, 0.1) is 5.92 Å². The van der Waals surface area contributed by atoms with Crippen LogP contribution in [0.2, 0.25) is 0 Å². The monoisotopic (exact) mass is 254 g/mol. The van der Waals surface area contributed by atoms with E-state index in [-0.39, 0.29) is 0 Å². The zero-order chi connectivity index (χ0) is 12.8. The van der Waals surface area contributed by atoms with Crippen molar-refractivity contribution in [2.24, 2.45) is 5.92 Å². The van der Waals surface area contributed by atoms with Gasteiger partial charge in [0.2, 0.25) is 0 Å². The largest absolute Gasteiger partial charge is 0.378 e. The molecular formula is C15H30N2O. The summed E-state index contributed by atoms with van der Waals surface area (Å²) in [7, 11) is 0. The highest BCUT2D eigenvalue weighted by Gasteiger charge is 2.23. The minimum atomic E-state index is 0.548. The smallest absolute Gasteiger partial charge is 0.0587 e. The molecule has 2 saturated heterocycles. The fraction of sp³-hybridized carbons (Fsp3) is 1.00. The summed E-state index contributed by atoms with van der Waals surface area (Å²) in [4.78, 5) is 2.63. The summed E-state index contributed by atoms with van der Waals surface area (Å²) in [5.74, 6) is 0.861. The lowest BCUT2D eigenvalue weighted by Crippen LogP contribution is -2.32. The number of nitrogens with one attached hydrogen (secondary N) is 1. The molecule has 2 rings (SSSR count). The van der Waals surface area contributed by atoms with Crippen LogP contribution >= 0.6 is 0 Å². The first kappa shape index (κ1) is 14.3. The Morgan fingerprint density at radius 1 is 1.28 bits per heavy atom. The molecule has 0 bridgehead atoms. The summed E-state index contributed by atoms with van der Waals surface area (Å²) >= 11 is 0. The molecule has 2 atom stereocenters. The van der Waals surface area contributed by atoms with E-state index in [1.54, 1.807) is 0 Å². The second kappa shape index (κ2) is 7.46. The van der Waals surface area contributed by atoms with E-state index in [1.165, 1.54) is 58.3 Å². The minimum Gasteiger partial charge on any atom is -0.378 e. The predicted octanol–water partition coefficient (Wildman–Crippen LogP) is 2.27. The van der Waals surface area contributed by atoms with Crippen molar-refractivity contribution in [2.75, 3.05) is 32.8 Å². The Balaban J connectivity index is 1.57. The van der Waals surface area contributed by atoms with Gasteiger partial charge in [-0.2, -0.15) is 0 Å². The van der Waals surface area contributed by atoms with Gasteiger partial charge in [0.15, 0.2) is 0 Å². The Labute approximate surface area is 112 Å². The van der Waals surface area contributed by atoms with Gasteiger partial charge in [0.25, 0.3) is 0 Å². The highest BCUT2D eigenvalue weighted by atomic mass is 16.5. The fourth-order valence-corrected chi connectivity index (χ4v) is 3.05. The van der Waals surface area contributed by atoms with Crippen molar-refractivity contribution in [1.82, 2.24) is 10.2 Å². The first-order valence-corrected chi connectivity index (χ1v) is 7.81. The average Bonchev–Trinajstić information content (AvgIpc) is 2.83. The van der Waals surface area contributed by atoms with Crippen molar-refractivity contribution in [3.63, 3.8) is 0 Å². The molecule has 0 aliphatic carbocycles. The number of nitrogens with zero attached hydrogens (tertiary/aromatic N) is 1. The molecule has 18 heavy (non-hydrogen) atoms. The van der Waals surface area contributed by atoms with Crippen LogP contribution in [-0.4, -0.2) is 49.8 Å². The first-order valence-electron chi connectivity index (χ1n) is 7.81. The van der Waals surface area contributed by atoms with Gasteiger partial charge in [-0.05, 0) is 51.1 Å². The molecular weight excluding hydrogens is 224 g/mol. The van der Waals surface area contributed by atoms with Gasteiger partial charge >= 0.3 is 0 Å². The van der Waals surface area contributed by atoms with E-state index in [1.807, 2.05) is 0 Å². The van der Waals surface area contributed by atoms with Crippen LogP contribution in [0.25, 0.3) is 0 Å². The van der Waals surface area contributed by atoms with Gasteiger partial charge in [-0.1, -0.05) is 13.8 Å². The van der Waals surface area contributed by atoms with Crippen molar-refractivity contribution < 1.29 is 4.74 Å². The highest BCUT2D eigenvalue weighted by molar-refractivity contribution is 4.78. The molecule has 2 fully saturated rings. The second-order valence-corrected chi connectivity index (χ2v) is 6.30. The standard InChI is InChI=1S/C15H30N2O/c1-13(2)16-11-14-6-8-17(12-14)9-7-15-5-3-4-10-18-15/h13-16H,3-12H2,1-2H3. The summed E-state index contributed by atoms with van der Waals surface area (Å²) in [5, 5.41) is 3.56. The average molecular weight is 254 g/mol. The van der Waals surface area contributed by atoms with Gasteiger partial charge in [-0.15, -0.1) is 0 Å². The topological polar surface area (TPSA) is 24.5 Å². The molecule has 2 aliphatic heterocycles. The van der Waals surface area contributed by atoms with Gasteiger partial charge < -0.3 is 15.0 Å². The predicted molar refractivity (Wildman–Crippen MR) is 75.9 cm³/mol. The SMILES string of the molecule is CC(C)NCC1CCN(CCC2CCCCO2)C1. The van der Waals surface area contributed by atoms with Crippen LogP contribution in [-0.2, 0) is 4.74 Å². The van der Waals surface area contributed by atoms with Gasteiger partial charge in [0.1, 0.15) is 0 Å². The van der Waals surface area contributed by atoms with Gasteiger partial charge in [0.05, 0.1) is 6.10 Å². The van der Waals surface area contributed by atoms with Crippen molar-refractivity contribution >= 4 is 0 Å². The zero-order valence-electron chi connectivity index (χ0n) is 12.2. The van der Waals surface area contributed by atoms with Crippen LogP contribution in [0.15, 0.2) is 0 Å². The number of rotatable bonds is 6. The third-order valence-corrected chi connectivity index (χ3v) is 4.23. The fourth-order valence-electron chi connectivity index (χ4n) is 3.05. The Bertz CT molecular complexity index is 227.